The Morgan fingerprint density at radius 3 is 2.48 bits per heavy atom. The summed E-state index contributed by atoms with van der Waals surface area (Å²) in [5.41, 5.74) is 2.97. The largest absolute Gasteiger partial charge is 0.459 e. The van der Waals surface area contributed by atoms with Crippen LogP contribution in [-0.2, 0) is 4.79 Å². The third kappa shape index (κ3) is 3.57. The molecule has 1 saturated heterocycles. The minimum atomic E-state index is -0.272. The number of hydrogen-bond acceptors (Lipinski definition) is 3. The number of carbonyl (C=O) groups excluding carboxylic acids is 2. The first kappa shape index (κ1) is 19.7. The predicted molar refractivity (Wildman–Crippen MR) is 120 cm³/mol. The van der Waals surface area contributed by atoms with Crippen molar-refractivity contribution >= 4 is 45.2 Å². The summed E-state index contributed by atoms with van der Waals surface area (Å²) >= 11 is 6.15. The van der Waals surface area contributed by atoms with Crippen LogP contribution in [-0.4, -0.2) is 52.8 Å². The van der Waals surface area contributed by atoms with E-state index in [1.54, 1.807) is 17.0 Å². The van der Waals surface area contributed by atoms with Crippen molar-refractivity contribution in [3.05, 3.63) is 71.1 Å². The molecule has 1 aliphatic rings. The van der Waals surface area contributed by atoms with Gasteiger partial charge in [-0.15, -0.1) is 0 Å². The molecule has 2 aromatic carbocycles. The standard InChI is InChI=1S/C24H22ClN3O3/c1-15(16-4-6-18-19-14-17(25)5-7-20(19)26-21(18)13-16)23(29)27-8-10-28(11-9-27)24(30)22-3-2-12-31-22/h2-7,12-15,26H,8-11H2,1H3. The summed E-state index contributed by atoms with van der Waals surface area (Å²) in [6.07, 6.45) is 1.49. The Kier molecular flexibility index (Phi) is 4.94. The van der Waals surface area contributed by atoms with E-state index in [0.29, 0.717) is 37.0 Å². The predicted octanol–water partition coefficient (Wildman–Crippen LogP) is 4.66. The zero-order chi connectivity index (χ0) is 21.5. The monoisotopic (exact) mass is 435 g/mol. The summed E-state index contributed by atoms with van der Waals surface area (Å²) < 4.78 is 5.20. The molecule has 7 heteroatoms. The minimum Gasteiger partial charge on any atom is -0.459 e. The molecule has 2 amide bonds. The summed E-state index contributed by atoms with van der Waals surface area (Å²) in [6.45, 7) is 3.97. The molecule has 1 fully saturated rings. The maximum absolute atomic E-state index is 13.1. The van der Waals surface area contributed by atoms with E-state index in [0.717, 1.165) is 27.4 Å². The summed E-state index contributed by atoms with van der Waals surface area (Å²) in [7, 11) is 0. The summed E-state index contributed by atoms with van der Waals surface area (Å²) in [6, 6.07) is 15.2. The second kappa shape index (κ2) is 7.78. The smallest absolute Gasteiger partial charge is 0.289 e. The Labute approximate surface area is 184 Å². The fraction of sp³-hybridized carbons (Fsp3) is 0.250. The number of H-pyrrole nitrogens is 1. The molecule has 5 rings (SSSR count). The minimum absolute atomic E-state index is 0.0728. The van der Waals surface area contributed by atoms with Crippen molar-refractivity contribution in [3.8, 4) is 0 Å². The van der Waals surface area contributed by atoms with Crippen LogP contribution in [0.3, 0.4) is 0 Å². The number of aromatic amines is 1. The van der Waals surface area contributed by atoms with Gasteiger partial charge in [-0.2, -0.15) is 0 Å². The van der Waals surface area contributed by atoms with E-state index in [1.807, 2.05) is 48.2 Å². The normalized spacial score (nSPS) is 15.5. The Morgan fingerprint density at radius 1 is 0.968 bits per heavy atom. The van der Waals surface area contributed by atoms with Gasteiger partial charge in [0.1, 0.15) is 0 Å². The molecule has 31 heavy (non-hydrogen) atoms. The average molecular weight is 436 g/mol. The SMILES string of the molecule is CC(C(=O)N1CCN(C(=O)c2ccco2)CC1)c1ccc2c(c1)[nH]c1ccc(Cl)cc12. The summed E-state index contributed by atoms with van der Waals surface area (Å²) in [5, 5.41) is 2.86. The van der Waals surface area contributed by atoms with E-state index in [-0.39, 0.29) is 17.7 Å². The van der Waals surface area contributed by atoms with Crippen LogP contribution in [0.1, 0.15) is 29.0 Å². The third-order valence-electron chi connectivity index (χ3n) is 6.07. The lowest BCUT2D eigenvalue weighted by molar-refractivity contribution is -0.133. The van der Waals surface area contributed by atoms with Crippen LogP contribution >= 0.6 is 11.6 Å². The second-order valence-electron chi connectivity index (χ2n) is 7.94. The van der Waals surface area contributed by atoms with E-state index in [4.69, 9.17) is 16.0 Å². The molecule has 1 atom stereocenters. The molecule has 0 spiro atoms. The van der Waals surface area contributed by atoms with Crippen molar-refractivity contribution in [2.45, 2.75) is 12.8 Å². The van der Waals surface area contributed by atoms with E-state index in [9.17, 15) is 9.59 Å². The van der Waals surface area contributed by atoms with Gasteiger partial charge in [0.25, 0.3) is 5.91 Å². The fourth-order valence-corrected chi connectivity index (χ4v) is 4.44. The highest BCUT2D eigenvalue weighted by Gasteiger charge is 2.29. The van der Waals surface area contributed by atoms with Crippen molar-refractivity contribution in [2.75, 3.05) is 26.2 Å². The molecule has 1 N–H and O–H groups in total. The second-order valence-corrected chi connectivity index (χ2v) is 8.37. The molecule has 0 aliphatic carbocycles. The van der Waals surface area contributed by atoms with Crippen molar-refractivity contribution in [3.63, 3.8) is 0 Å². The summed E-state index contributed by atoms with van der Waals surface area (Å²) in [4.78, 5) is 32.5. The molecule has 0 radical (unpaired) electrons. The Morgan fingerprint density at radius 2 is 1.74 bits per heavy atom. The zero-order valence-electron chi connectivity index (χ0n) is 17.1. The van der Waals surface area contributed by atoms with Gasteiger partial charge in [-0.05, 0) is 48.9 Å². The first-order chi connectivity index (χ1) is 15.0. The van der Waals surface area contributed by atoms with Crippen molar-refractivity contribution in [1.82, 2.24) is 14.8 Å². The van der Waals surface area contributed by atoms with Crippen LogP contribution in [0.2, 0.25) is 5.02 Å². The Hall–Kier alpha value is -3.25. The van der Waals surface area contributed by atoms with E-state index in [1.165, 1.54) is 6.26 Å². The number of amides is 2. The number of nitrogens with one attached hydrogen (secondary N) is 1. The van der Waals surface area contributed by atoms with Crippen molar-refractivity contribution < 1.29 is 14.0 Å². The molecule has 4 aromatic rings. The Bertz CT molecular complexity index is 1270. The van der Waals surface area contributed by atoms with Gasteiger partial charge in [0.15, 0.2) is 5.76 Å². The molecular formula is C24H22ClN3O3. The third-order valence-corrected chi connectivity index (χ3v) is 6.30. The van der Waals surface area contributed by atoms with Crippen LogP contribution in [0, 0.1) is 0 Å². The highest BCUT2D eigenvalue weighted by molar-refractivity contribution is 6.31. The van der Waals surface area contributed by atoms with Crippen molar-refractivity contribution in [1.29, 1.82) is 0 Å². The van der Waals surface area contributed by atoms with Crippen molar-refractivity contribution in [2.24, 2.45) is 0 Å². The Balaban J connectivity index is 1.30. The quantitative estimate of drug-likeness (QED) is 0.509. The molecule has 2 aromatic heterocycles. The van der Waals surface area contributed by atoms with Gasteiger partial charge in [-0.25, -0.2) is 0 Å². The highest BCUT2D eigenvalue weighted by Crippen LogP contribution is 2.30. The number of rotatable bonds is 3. The lowest BCUT2D eigenvalue weighted by atomic mass is 9.97. The van der Waals surface area contributed by atoms with Crippen LogP contribution in [0.4, 0.5) is 0 Å². The van der Waals surface area contributed by atoms with Crippen LogP contribution in [0.25, 0.3) is 21.8 Å². The lowest BCUT2D eigenvalue weighted by Gasteiger charge is -2.35. The molecule has 158 valence electrons. The number of piperazine rings is 1. The fourth-order valence-electron chi connectivity index (χ4n) is 4.27. The van der Waals surface area contributed by atoms with Gasteiger partial charge < -0.3 is 19.2 Å². The van der Waals surface area contributed by atoms with Gasteiger partial charge >= 0.3 is 0 Å². The van der Waals surface area contributed by atoms with E-state index < -0.39 is 0 Å². The molecule has 0 bridgehead atoms. The topological polar surface area (TPSA) is 69.6 Å². The highest BCUT2D eigenvalue weighted by atomic mass is 35.5. The lowest BCUT2D eigenvalue weighted by Crippen LogP contribution is -2.51. The van der Waals surface area contributed by atoms with Gasteiger partial charge in [0, 0.05) is 53.0 Å². The number of carbonyl (C=O) groups is 2. The van der Waals surface area contributed by atoms with Gasteiger partial charge in [-0.1, -0.05) is 23.7 Å². The molecule has 6 nitrogen and oxygen atoms in total. The van der Waals surface area contributed by atoms with Crippen LogP contribution < -0.4 is 0 Å². The van der Waals surface area contributed by atoms with Gasteiger partial charge in [-0.3, -0.25) is 9.59 Å². The first-order valence-electron chi connectivity index (χ1n) is 10.3. The number of halogens is 1. The molecule has 1 aliphatic heterocycles. The van der Waals surface area contributed by atoms with E-state index in [2.05, 4.69) is 4.98 Å². The average Bonchev–Trinajstić information content (AvgIpc) is 3.45. The molecule has 3 heterocycles. The zero-order valence-corrected chi connectivity index (χ0v) is 17.9. The number of aromatic nitrogens is 1. The van der Waals surface area contributed by atoms with Gasteiger partial charge in [0.05, 0.1) is 12.2 Å². The number of hydrogen-bond donors (Lipinski definition) is 1. The number of benzene rings is 2. The molecular weight excluding hydrogens is 414 g/mol. The number of furan rings is 1. The van der Waals surface area contributed by atoms with Crippen LogP contribution in [0.5, 0.6) is 0 Å². The maximum Gasteiger partial charge on any atom is 0.289 e. The molecule has 1 unspecified atom stereocenters. The van der Waals surface area contributed by atoms with Crippen LogP contribution in [0.15, 0.2) is 59.2 Å². The first-order valence-corrected chi connectivity index (χ1v) is 10.7. The maximum atomic E-state index is 13.1. The summed E-state index contributed by atoms with van der Waals surface area (Å²) in [5.74, 6) is 0.00547. The number of fused-ring (bicyclic) bond motifs is 3. The number of nitrogens with zero attached hydrogens (tertiary/aromatic N) is 2. The molecule has 0 saturated carbocycles. The van der Waals surface area contributed by atoms with E-state index >= 15 is 0 Å². The van der Waals surface area contributed by atoms with Gasteiger partial charge in [0.2, 0.25) is 5.91 Å².